The number of amides is 1. The van der Waals surface area contributed by atoms with Crippen molar-refractivity contribution in [2.45, 2.75) is 38.6 Å². The molecule has 4 nitrogen and oxygen atoms in total. The summed E-state index contributed by atoms with van der Waals surface area (Å²) in [5, 5.41) is 9.42. The molecule has 1 aliphatic rings. The lowest BCUT2D eigenvalue weighted by Crippen LogP contribution is -2.42. The van der Waals surface area contributed by atoms with Gasteiger partial charge in [-0.25, -0.2) is 4.98 Å². The molecule has 1 unspecified atom stereocenters. The Morgan fingerprint density at radius 2 is 2.28 bits per heavy atom. The molecule has 0 bridgehead atoms. The van der Waals surface area contributed by atoms with Gasteiger partial charge in [-0.15, -0.1) is 0 Å². The molecular weight excluding hydrogens is 228 g/mol. The van der Waals surface area contributed by atoms with E-state index in [-0.39, 0.29) is 18.6 Å². The van der Waals surface area contributed by atoms with Gasteiger partial charge in [0, 0.05) is 12.2 Å². The first-order valence-corrected chi connectivity index (χ1v) is 6.58. The maximum Gasteiger partial charge on any atom is 0.272 e. The number of carbonyl (C=O) groups excluding carboxylic acids is 1. The van der Waals surface area contributed by atoms with Crippen LogP contribution in [-0.4, -0.2) is 40.1 Å². The van der Waals surface area contributed by atoms with Crippen molar-refractivity contribution < 1.29 is 9.90 Å². The quantitative estimate of drug-likeness (QED) is 0.867. The molecule has 0 aromatic carbocycles. The van der Waals surface area contributed by atoms with Crippen molar-refractivity contribution in [3.63, 3.8) is 0 Å². The molecule has 1 aromatic heterocycles. The zero-order chi connectivity index (χ0) is 13.0. The molecule has 1 aromatic rings. The van der Waals surface area contributed by atoms with Crippen molar-refractivity contribution in [2.75, 3.05) is 13.2 Å². The summed E-state index contributed by atoms with van der Waals surface area (Å²) in [6.45, 7) is 2.64. The van der Waals surface area contributed by atoms with Gasteiger partial charge in [0.15, 0.2) is 0 Å². The molecule has 1 amide bonds. The molecule has 1 N–H and O–H groups in total. The number of aliphatic hydroxyl groups is 1. The molecule has 0 saturated carbocycles. The van der Waals surface area contributed by atoms with Gasteiger partial charge in [-0.1, -0.05) is 18.9 Å². The second-order valence-electron chi connectivity index (χ2n) is 4.85. The third-order valence-electron chi connectivity index (χ3n) is 3.46. The maximum absolute atomic E-state index is 12.4. The molecular formula is C14H20N2O2. The summed E-state index contributed by atoms with van der Waals surface area (Å²) in [4.78, 5) is 18.5. The van der Waals surface area contributed by atoms with Crippen molar-refractivity contribution in [1.29, 1.82) is 0 Å². The molecule has 98 valence electrons. The standard InChI is InChI=1S/C14H20N2O2/c1-11-6-5-8-13(15-11)14(18)16-9-4-2-3-7-12(16)10-17/h5-6,8,12,17H,2-4,7,9-10H2,1H3. The van der Waals surface area contributed by atoms with E-state index < -0.39 is 0 Å². The normalized spacial score (nSPS) is 20.6. The van der Waals surface area contributed by atoms with Crippen molar-refractivity contribution in [3.05, 3.63) is 29.6 Å². The minimum absolute atomic E-state index is 0.0392. The largest absolute Gasteiger partial charge is 0.394 e. The first kappa shape index (κ1) is 13.0. The Hall–Kier alpha value is -1.42. The van der Waals surface area contributed by atoms with Crippen molar-refractivity contribution in [2.24, 2.45) is 0 Å². The van der Waals surface area contributed by atoms with Crippen molar-refractivity contribution >= 4 is 5.91 Å². The highest BCUT2D eigenvalue weighted by molar-refractivity contribution is 5.92. The number of aromatic nitrogens is 1. The van der Waals surface area contributed by atoms with E-state index in [0.717, 1.165) is 37.9 Å². The van der Waals surface area contributed by atoms with Gasteiger partial charge < -0.3 is 10.0 Å². The van der Waals surface area contributed by atoms with Crippen LogP contribution < -0.4 is 0 Å². The van der Waals surface area contributed by atoms with Gasteiger partial charge in [0.05, 0.1) is 12.6 Å². The lowest BCUT2D eigenvalue weighted by atomic mass is 10.1. The van der Waals surface area contributed by atoms with Crippen LogP contribution in [0.25, 0.3) is 0 Å². The predicted octanol–water partition coefficient (Wildman–Crippen LogP) is 1.77. The van der Waals surface area contributed by atoms with Gasteiger partial charge in [0.2, 0.25) is 0 Å². The van der Waals surface area contributed by atoms with Crippen LogP contribution in [0.4, 0.5) is 0 Å². The predicted molar refractivity (Wildman–Crippen MR) is 69.4 cm³/mol. The zero-order valence-corrected chi connectivity index (χ0v) is 10.8. The third-order valence-corrected chi connectivity index (χ3v) is 3.46. The number of aryl methyl sites for hydroxylation is 1. The molecule has 1 aliphatic heterocycles. The summed E-state index contributed by atoms with van der Waals surface area (Å²) in [7, 11) is 0. The van der Waals surface area contributed by atoms with E-state index in [1.54, 1.807) is 11.0 Å². The van der Waals surface area contributed by atoms with E-state index in [0.29, 0.717) is 5.69 Å². The van der Waals surface area contributed by atoms with Crippen LogP contribution in [0, 0.1) is 6.92 Å². The molecule has 0 aliphatic carbocycles. The topological polar surface area (TPSA) is 53.4 Å². The number of nitrogens with zero attached hydrogens (tertiary/aromatic N) is 2. The molecule has 1 atom stereocenters. The van der Waals surface area contributed by atoms with E-state index in [9.17, 15) is 9.90 Å². The fourth-order valence-electron chi connectivity index (χ4n) is 2.44. The highest BCUT2D eigenvalue weighted by atomic mass is 16.3. The minimum Gasteiger partial charge on any atom is -0.394 e. The van der Waals surface area contributed by atoms with Gasteiger partial charge >= 0.3 is 0 Å². The number of likely N-dealkylation sites (tertiary alicyclic amines) is 1. The fraction of sp³-hybridized carbons (Fsp3) is 0.571. The summed E-state index contributed by atoms with van der Waals surface area (Å²) in [6, 6.07) is 5.42. The smallest absolute Gasteiger partial charge is 0.272 e. The monoisotopic (exact) mass is 248 g/mol. The van der Waals surface area contributed by atoms with Crippen LogP contribution in [0.5, 0.6) is 0 Å². The van der Waals surface area contributed by atoms with Crippen LogP contribution in [-0.2, 0) is 0 Å². The molecule has 4 heteroatoms. The Morgan fingerprint density at radius 1 is 1.44 bits per heavy atom. The first-order chi connectivity index (χ1) is 8.72. The Kier molecular flexibility index (Phi) is 4.31. The number of pyridine rings is 1. The molecule has 18 heavy (non-hydrogen) atoms. The fourth-order valence-corrected chi connectivity index (χ4v) is 2.44. The van der Waals surface area contributed by atoms with Crippen molar-refractivity contribution in [3.8, 4) is 0 Å². The van der Waals surface area contributed by atoms with E-state index in [1.807, 2.05) is 19.1 Å². The number of aliphatic hydroxyl groups excluding tert-OH is 1. The zero-order valence-electron chi connectivity index (χ0n) is 10.8. The summed E-state index contributed by atoms with van der Waals surface area (Å²) in [6.07, 6.45) is 4.10. The second-order valence-corrected chi connectivity index (χ2v) is 4.85. The molecule has 0 spiro atoms. The minimum atomic E-state index is -0.0559. The Labute approximate surface area is 108 Å². The summed E-state index contributed by atoms with van der Waals surface area (Å²) in [5.74, 6) is -0.0559. The maximum atomic E-state index is 12.4. The van der Waals surface area contributed by atoms with Gasteiger partial charge in [0.1, 0.15) is 5.69 Å². The third kappa shape index (κ3) is 2.88. The van der Waals surface area contributed by atoms with Crippen molar-refractivity contribution in [1.82, 2.24) is 9.88 Å². The molecule has 1 saturated heterocycles. The highest BCUT2D eigenvalue weighted by Crippen LogP contribution is 2.18. The van der Waals surface area contributed by atoms with Crippen LogP contribution in [0.3, 0.4) is 0 Å². The highest BCUT2D eigenvalue weighted by Gasteiger charge is 2.26. The van der Waals surface area contributed by atoms with Crippen LogP contribution in [0.1, 0.15) is 41.9 Å². The first-order valence-electron chi connectivity index (χ1n) is 6.58. The summed E-state index contributed by atoms with van der Waals surface area (Å²) >= 11 is 0. The number of rotatable bonds is 2. The molecule has 0 radical (unpaired) electrons. The average molecular weight is 248 g/mol. The Morgan fingerprint density at radius 3 is 3.00 bits per heavy atom. The van der Waals surface area contributed by atoms with Gasteiger partial charge in [0.25, 0.3) is 5.91 Å². The van der Waals surface area contributed by atoms with Crippen LogP contribution in [0.15, 0.2) is 18.2 Å². The van der Waals surface area contributed by atoms with E-state index in [4.69, 9.17) is 0 Å². The molecule has 2 rings (SSSR count). The molecule has 1 fully saturated rings. The lowest BCUT2D eigenvalue weighted by molar-refractivity contribution is 0.0593. The summed E-state index contributed by atoms with van der Waals surface area (Å²) in [5.41, 5.74) is 1.33. The van der Waals surface area contributed by atoms with E-state index >= 15 is 0 Å². The summed E-state index contributed by atoms with van der Waals surface area (Å²) < 4.78 is 0. The number of hydrogen-bond donors (Lipinski definition) is 1. The van der Waals surface area contributed by atoms with E-state index in [1.165, 1.54) is 0 Å². The van der Waals surface area contributed by atoms with Gasteiger partial charge in [-0.2, -0.15) is 0 Å². The SMILES string of the molecule is Cc1cccc(C(=O)N2CCCCCC2CO)n1. The molecule has 2 heterocycles. The lowest BCUT2D eigenvalue weighted by Gasteiger charge is -2.28. The van der Waals surface area contributed by atoms with Gasteiger partial charge in [-0.3, -0.25) is 4.79 Å². The number of carbonyl (C=O) groups is 1. The van der Waals surface area contributed by atoms with Crippen LogP contribution in [0.2, 0.25) is 0 Å². The van der Waals surface area contributed by atoms with E-state index in [2.05, 4.69) is 4.98 Å². The average Bonchev–Trinajstić information content (AvgIpc) is 2.62. The Bertz CT molecular complexity index is 420. The second kappa shape index (κ2) is 5.96. The Balaban J connectivity index is 2.19. The number of hydrogen-bond acceptors (Lipinski definition) is 3. The van der Waals surface area contributed by atoms with Gasteiger partial charge in [-0.05, 0) is 31.9 Å². The van der Waals surface area contributed by atoms with Crippen LogP contribution >= 0.6 is 0 Å².